The van der Waals surface area contributed by atoms with Gasteiger partial charge in [0.05, 0.1) is 6.61 Å². The number of esters is 1. The largest absolute Gasteiger partial charge is 0.460 e. The number of oxazole rings is 1. The van der Waals surface area contributed by atoms with Gasteiger partial charge in [-0.1, -0.05) is 6.42 Å². The Balaban J connectivity index is 2.26. The number of rotatable bonds is 3. The maximum Gasteiger partial charge on any atom is 0.377 e. The minimum atomic E-state index is -0.614. The summed E-state index contributed by atoms with van der Waals surface area (Å²) in [5, 5.41) is 8.84. The molecule has 0 atom stereocenters. The van der Waals surface area contributed by atoms with Crippen molar-refractivity contribution in [3.63, 3.8) is 0 Å². The molecule has 1 heterocycles. The molecule has 1 aliphatic rings. The molecule has 0 spiro atoms. The predicted molar refractivity (Wildman–Crippen MR) is 53.8 cm³/mol. The Labute approximate surface area is 93.0 Å². The van der Waals surface area contributed by atoms with Crippen LogP contribution < -0.4 is 0 Å². The second-order valence-corrected chi connectivity index (χ2v) is 3.69. The molecule has 0 unspecified atom stereocenters. The van der Waals surface area contributed by atoms with Gasteiger partial charge in [-0.05, 0) is 19.8 Å². The van der Waals surface area contributed by atoms with Gasteiger partial charge in [0.25, 0.3) is 0 Å². The van der Waals surface area contributed by atoms with E-state index >= 15 is 0 Å². The molecule has 0 saturated heterocycles. The van der Waals surface area contributed by atoms with Crippen molar-refractivity contribution < 1.29 is 13.9 Å². The standard InChI is InChI=1S/C11H12N2O3/c1-2-15-11(14)9-8(6-12)13-10(16-9)7-4-3-5-7/h7H,2-5H2,1H3. The molecular formula is C11H12N2O3. The summed E-state index contributed by atoms with van der Waals surface area (Å²) in [4.78, 5) is 15.5. The van der Waals surface area contributed by atoms with Gasteiger partial charge in [-0.15, -0.1) is 0 Å². The first-order valence-electron chi connectivity index (χ1n) is 5.34. The van der Waals surface area contributed by atoms with Crippen LogP contribution in [0.2, 0.25) is 0 Å². The lowest BCUT2D eigenvalue weighted by Gasteiger charge is -2.21. The van der Waals surface area contributed by atoms with Gasteiger partial charge in [0, 0.05) is 5.92 Å². The summed E-state index contributed by atoms with van der Waals surface area (Å²) in [6, 6.07) is 1.85. The summed E-state index contributed by atoms with van der Waals surface area (Å²) >= 11 is 0. The minimum absolute atomic E-state index is 0.0281. The second-order valence-electron chi connectivity index (χ2n) is 3.69. The highest BCUT2D eigenvalue weighted by molar-refractivity contribution is 5.88. The Morgan fingerprint density at radius 3 is 2.94 bits per heavy atom. The number of nitrogens with zero attached hydrogens (tertiary/aromatic N) is 2. The van der Waals surface area contributed by atoms with E-state index in [1.807, 2.05) is 6.07 Å². The molecule has 1 fully saturated rings. The lowest BCUT2D eigenvalue weighted by atomic mass is 9.85. The van der Waals surface area contributed by atoms with Crippen molar-refractivity contribution in [1.82, 2.24) is 4.98 Å². The van der Waals surface area contributed by atoms with Crippen LogP contribution in [0.1, 0.15) is 54.2 Å². The average Bonchev–Trinajstić information content (AvgIpc) is 2.59. The summed E-state index contributed by atoms with van der Waals surface area (Å²) in [7, 11) is 0. The molecule has 0 aromatic carbocycles. The van der Waals surface area contributed by atoms with E-state index in [0.717, 1.165) is 19.3 Å². The highest BCUT2D eigenvalue weighted by Crippen LogP contribution is 2.36. The topological polar surface area (TPSA) is 76.1 Å². The van der Waals surface area contributed by atoms with Gasteiger partial charge in [-0.2, -0.15) is 5.26 Å². The van der Waals surface area contributed by atoms with E-state index in [9.17, 15) is 4.79 Å². The quantitative estimate of drug-likeness (QED) is 0.728. The Hall–Kier alpha value is -1.83. The van der Waals surface area contributed by atoms with E-state index < -0.39 is 5.97 Å². The molecule has 1 aromatic rings. The van der Waals surface area contributed by atoms with Crippen molar-refractivity contribution in [1.29, 1.82) is 5.26 Å². The Kier molecular flexibility index (Phi) is 2.91. The Morgan fingerprint density at radius 2 is 2.44 bits per heavy atom. The van der Waals surface area contributed by atoms with Crippen LogP contribution in [0.25, 0.3) is 0 Å². The third-order valence-corrected chi connectivity index (χ3v) is 2.66. The molecule has 5 nitrogen and oxygen atoms in total. The minimum Gasteiger partial charge on any atom is -0.460 e. The highest BCUT2D eigenvalue weighted by Gasteiger charge is 2.29. The van der Waals surface area contributed by atoms with Crippen LogP contribution in [-0.2, 0) is 4.74 Å². The maximum absolute atomic E-state index is 11.5. The number of nitriles is 1. The Morgan fingerprint density at radius 1 is 1.69 bits per heavy atom. The van der Waals surface area contributed by atoms with Crippen molar-refractivity contribution in [2.45, 2.75) is 32.1 Å². The average molecular weight is 220 g/mol. The SMILES string of the molecule is CCOC(=O)c1oc(C2CCC2)nc1C#N. The second kappa shape index (κ2) is 4.35. The molecule has 0 aliphatic heterocycles. The number of ether oxygens (including phenoxy) is 1. The smallest absolute Gasteiger partial charge is 0.377 e. The van der Waals surface area contributed by atoms with Crippen molar-refractivity contribution in [2.24, 2.45) is 0 Å². The summed E-state index contributed by atoms with van der Waals surface area (Å²) in [6.45, 7) is 1.95. The molecule has 16 heavy (non-hydrogen) atoms. The van der Waals surface area contributed by atoms with Crippen LogP contribution >= 0.6 is 0 Å². The van der Waals surface area contributed by atoms with Gasteiger partial charge in [0.2, 0.25) is 5.76 Å². The van der Waals surface area contributed by atoms with Crippen molar-refractivity contribution in [3.8, 4) is 6.07 Å². The van der Waals surface area contributed by atoms with Crippen LogP contribution in [0, 0.1) is 11.3 Å². The molecule has 1 saturated carbocycles. The molecule has 0 radical (unpaired) electrons. The van der Waals surface area contributed by atoms with Crippen LogP contribution in [0.3, 0.4) is 0 Å². The van der Waals surface area contributed by atoms with E-state index in [-0.39, 0.29) is 24.0 Å². The fourth-order valence-corrected chi connectivity index (χ4v) is 1.58. The van der Waals surface area contributed by atoms with Crippen molar-refractivity contribution in [2.75, 3.05) is 6.61 Å². The number of hydrogen-bond acceptors (Lipinski definition) is 5. The van der Waals surface area contributed by atoms with Crippen LogP contribution in [0.15, 0.2) is 4.42 Å². The third kappa shape index (κ3) is 1.78. The van der Waals surface area contributed by atoms with Crippen molar-refractivity contribution >= 4 is 5.97 Å². The number of carbonyl (C=O) groups excluding carboxylic acids is 1. The maximum atomic E-state index is 11.5. The normalized spacial score (nSPS) is 15.2. The number of aromatic nitrogens is 1. The Bertz CT molecular complexity index is 441. The van der Waals surface area contributed by atoms with Gasteiger partial charge in [0.1, 0.15) is 6.07 Å². The summed E-state index contributed by atoms with van der Waals surface area (Å²) in [5.41, 5.74) is 0.0281. The monoisotopic (exact) mass is 220 g/mol. The zero-order valence-electron chi connectivity index (χ0n) is 9.02. The van der Waals surface area contributed by atoms with Crippen molar-refractivity contribution in [3.05, 3.63) is 17.3 Å². The summed E-state index contributed by atoms with van der Waals surface area (Å²) < 4.78 is 10.1. The van der Waals surface area contributed by atoms with Crippen LogP contribution in [0.4, 0.5) is 0 Å². The first-order valence-corrected chi connectivity index (χ1v) is 5.34. The molecule has 0 bridgehead atoms. The van der Waals surface area contributed by atoms with E-state index in [1.54, 1.807) is 6.92 Å². The molecule has 84 valence electrons. The van der Waals surface area contributed by atoms with Gasteiger partial charge >= 0.3 is 5.97 Å². The van der Waals surface area contributed by atoms with Gasteiger partial charge < -0.3 is 9.15 Å². The van der Waals surface area contributed by atoms with E-state index in [4.69, 9.17) is 14.4 Å². The summed E-state index contributed by atoms with van der Waals surface area (Å²) in [6.07, 6.45) is 3.16. The first-order chi connectivity index (χ1) is 7.76. The van der Waals surface area contributed by atoms with Crippen LogP contribution in [0.5, 0.6) is 0 Å². The molecule has 0 amide bonds. The van der Waals surface area contributed by atoms with E-state index in [1.165, 1.54) is 0 Å². The number of hydrogen-bond donors (Lipinski definition) is 0. The lowest BCUT2D eigenvalue weighted by molar-refractivity contribution is 0.0485. The van der Waals surface area contributed by atoms with E-state index in [0.29, 0.717) is 5.89 Å². The third-order valence-electron chi connectivity index (χ3n) is 2.66. The lowest BCUT2D eigenvalue weighted by Crippen LogP contribution is -2.08. The summed E-state index contributed by atoms with van der Waals surface area (Å²) in [5.74, 6) is 0.0736. The molecular weight excluding hydrogens is 208 g/mol. The fraction of sp³-hybridized carbons (Fsp3) is 0.545. The molecule has 1 aromatic heterocycles. The molecule has 5 heteroatoms. The van der Waals surface area contributed by atoms with Gasteiger partial charge in [0.15, 0.2) is 11.6 Å². The molecule has 2 rings (SSSR count). The van der Waals surface area contributed by atoms with Crippen LogP contribution in [-0.4, -0.2) is 17.6 Å². The van der Waals surface area contributed by atoms with Gasteiger partial charge in [-0.3, -0.25) is 0 Å². The van der Waals surface area contributed by atoms with Gasteiger partial charge in [-0.25, -0.2) is 9.78 Å². The molecule has 0 N–H and O–H groups in total. The molecule has 1 aliphatic carbocycles. The highest BCUT2D eigenvalue weighted by atomic mass is 16.5. The zero-order chi connectivity index (χ0) is 11.5. The number of carbonyl (C=O) groups is 1. The first kappa shape index (κ1) is 10.7. The van der Waals surface area contributed by atoms with E-state index in [2.05, 4.69) is 4.98 Å². The predicted octanol–water partition coefficient (Wildman–Crippen LogP) is 1.99. The fourth-order valence-electron chi connectivity index (χ4n) is 1.58. The zero-order valence-corrected chi connectivity index (χ0v) is 9.02.